The van der Waals surface area contributed by atoms with Crippen LogP contribution in [0.25, 0.3) is 0 Å². The van der Waals surface area contributed by atoms with Gasteiger partial charge < -0.3 is 15.1 Å². The van der Waals surface area contributed by atoms with Crippen LogP contribution in [0.15, 0.2) is 24.3 Å². The minimum atomic E-state index is -0.158. The summed E-state index contributed by atoms with van der Waals surface area (Å²) in [5, 5.41) is 3.74. The smallest absolute Gasteiger partial charge is 0.123 e. The predicted octanol–water partition coefficient (Wildman–Crippen LogP) is 2.34. The highest BCUT2D eigenvalue weighted by Crippen LogP contribution is 2.21. The Morgan fingerprint density at radius 3 is 2.52 bits per heavy atom. The van der Waals surface area contributed by atoms with Crippen molar-refractivity contribution in [2.45, 2.75) is 25.3 Å². The van der Waals surface area contributed by atoms with Gasteiger partial charge in [0.1, 0.15) is 5.82 Å². The molecular weight excluding hydrogens is 265 g/mol. The predicted molar refractivity (Wildman–Crippen MR) is 85.2 cm³/mol. The molecule has 2 saturated heterocycles. The van der Waals surface area contributed by atoms with Crippen molar-refractivity contribution in [3.8, 4) is 0 Å². The van der Waals surface area contributed by atoms with Gasteiger partial charge >= 0.3 is 0 Å². The van der Waals surface area contributed by atoms with E-state index in [1.807, 2.05) is 12.1 Å². The topological polar surface area (TPSA) is 18.5 Å². The molecule has 0 saturated carbocycles. The molecule has 2 aliphatic heterocycles. The summed E-state index contributed by atoms with van der Waals surface area (Å²) in [6.45, 7) is 5.72. The third-order valence-electron chi connectivity index (χ3n) is 4.91. The lowest BCUT2D eigenvalue weighted by atomic mass is 9.97. The minimum absolute atomic E-state index is 0.158. The second kappa shape index (κ2) is 6.75. The number of hydrogen-bond acceptors (Lipinski definition) is 3. The molecular formula is C17H26FN3. The molecule has 0 aliphatic carbocycles. The van der Waals surface area contributed by atoms with Crippen LogP contribution in [0.3, 0.4) is 0 Å². The van der Waals surface area contributed by atoms with Crippen LogP contribution in [0.2, 0.25) is 0 Å². The number of anilines is 1. The number of halogens is 1. The molecule has 1 aromatic carbocycles. The Balaban J connectivity index is 1.43. The minimum Gasteiger partial charge on any atom is -0.370 e. The first kappa shape index (κ1) is 14.8. The molecule has 0 aromatic heterocycles. The SMILES string of the molecule is CN1CCC(CN[C@@H]2CCN(c3ccc(F)cc3)C2)CC1. The van der Waals surface area contributed by atoms with Gasteiger partial charge in [-0.05, 0) is 76.1 Å². The second-order valence-electron chi connectivity index (χ2n) is 6.56. The van der Waals surface area contributed by atoms with Crippen molar-refractivity contribution in [2.75, 3.05) is 44.7 Å². The lowest BCUT2D eigenvalue weighted by molar-refractivity contribution is 0.213. The number of benzene rings is 1. The van der Waals surface area contributed by atoms with Gasteiger partial charge in [-0.2, -0.15) is 0 Å². The van der Waals surface area contributed by atoms with E-state index in [1.54, 1.807) is 12.1 Å². The summed E-state index contributed by atoms with van der Waals surface area (Å²) in [6.07, 6.45) is 3.82. The quantitative estimate of drug-likeness (QED) is 0.918. The Bertz CT molecular complexity index is 440. The second-order valence-corrected chi connectivity index (χ2v) is 6.56. The van der Waals surface area contributed by atoms with Crippen LogP contribution in [0.4, 0.5) is 10.1 Å². The highest BCUT2D eigenvalue weighted by Gasteiger charge is 2.24. The van der Waals surface area contributed by atoms with E-state index in [0.717, 1.165) is 31.2 Å². The summed E-state index contributed by atoms with van der Waals surface area (Å²) < 4.78 is 13.0. The van der Waals surface area contributed by atoms with Crippen molar-refractivity contribution in [3.05, 3.63) is 30.1 Å². The standard InChI is InChI=1S/C17H26FN3/c1-20-9-6-14(7-10-20)12-19-16-8-11-21(13-16)17-4-2-15(18)3-5-17/h2-5,14,16,19H,6-13H2,1H3/t16-/m1/s1. The first-order valence-electron chi connectivity index (χ1n) is 8.13. The van der Waals surface area contributed by atoms with Crippen LogP contribution in [0.5, 0.6) is 0 Å². The summed E-state index contributed by atoms with van der Waals surface area (Å²) in [5.74, 6) is 0.677. The molecule has 2 fully saturated rings. The van der Waals surface area contributed by atoms with E-state index in [2.05, 4.69) is 22.2 Å². The number of rotatable bonds is 4. The van der Waals surface area contributed by atoms with E-state index in [9.17, 15) is 4.39 Å². The molecule has 2 aliphatic rings. The average molecular weight is 291 g/mol. The summed E-state index contributed by atoms with van der Waals surface area (Å²) >= 11 is 0. The van der Waals surface area contributed by atoms with E-state index in [-0.39, 0.29) is 5.82 Å². The Labute approximate surface area is 127 Å². The number of likely N-dealkylation sites (tertiary alicyclic amines) is 1. The zero-order valence-electron chi connectivity index (χ0n) is 12.9. The maximum atomic E-state index is 13.0. The van der Waals surface area contributed by atoms with Gasteiger partial charge in [0.25, 0.3) is 0 Å². The van der Waals surface area contributed by atoms with E-state index in [0.29, 0.717) is 6.04 Å². The van der Waals surface area contributed by atoms with Gasteiger partial charge in [-0.3, -0.25) is 0 Å². The fourth-order valence-corrected chi connectivity index (χ4v) is 3.41. The number of nitrogens with zero attached hydrogens (tertiary/aromatic N) is 2. The van der Waals surface area contributed by atoms with Crippen LogP contribution in [0, 0.1) is 11.7 Å². The van der Waals surface area contributed by atoms with Crippen molar-refractivity contribution < 1.29 is 4.39 Å². The molecule has 3 rings (SSSR count). The number of piperidine rings is 1. The molecule has 116 valence electrons. The fraction of sp³-hybridized carbons (Fsp3) is 0.647. The monoisotopic (exact) mass is 291 g/mol. The molecule has 0 spiro atoms. The number of nitrogens with one attached hydrogen (secondary N) is 1. The summed E-state index contributed by atoms with van der Waals surface area (Å²) in [5.41, 5.74) is 1.14. The third kappa shape index (κ3) is 3.95. The average Bonchev–Trinajstić information content (AvgIpc) is 2.96. The van der Waals surface area contributed by atoms with E-state index in [1.165, 1.54) is 32.4 Å². The first-order valence-corrected chi connectivity index (χ1v) is 8.13. The van der Waals surface area contributed by atoms with Crippen molar-refractivity contribution in [1.82, 2.24) is 10.2 Å². The Morgan fingerprint density at radius 1 is 1.10 bits per heavy atom. The summed E-state index contributed by atoms with van der Waals surface area (Å²) in [4.78, 5) is 4.77. The molecule has 0 unspecified atom stereocenters. The molecule has 21 heavy (non-hydrogen) atoms. The lowest BCUT2D eigenvalue weighted by Gasteiger charge is -2.30. The van der Waals surface area contributed by atoms with E-state index < -0.39 is 0 Å². The zero-order chi connectivity index (χ0) is 14.7. The van der Waals surface area contributed by atoms with Crippen LogP contribution < -0.4 is 10.2 Å². The van der Waals surface area contributed by atoms with E-state index in [4.69, 9.17) is 0 Å². The lowest BCUT2D eigenvalue weighted by Crippen LogP contribution is -2.39. The van der Waals surface area contributed by atoms with Gasteiger partial charge in [-0.15, -0.1) is 0 Å². The van der Waals surface area contributed by atoms with Crippen molar-refractivity contribution in [3.63, 3.8) is 0 Å². The van der Waals surface area contributed by atoms with Crippen LogP contribution >= 0.6 is 0 Å². The maximum Gasteiger partial charge on any atom is 0.123 e. The van der Waals surface area contributed by atoms with Crippen LogP contribution in [-0.4, -0.2) is 50.7 Å². The maximum absolute atomic E-state index is 13.0. The van der Waals surface area contributed by atoms with E-state index >= 15 is 0 Å². The van der Waals surface area contributed by atoms with Crippen molar-refractivity contribution >= 4 is 5.69 Å². The van der Waals surface area contributed by atoms with Gasteiger partial charge in [0, 0.05) is 24.8 Å². The molecule has 4 heteroatoms. The normalized spacial score (nSPS) is 24.7. The molecule has 0 amide bonds. The third-order valence-corrected chi connectivity index (χ3v) is 4.91. The summed E-state index contributed by atoms with van der Waals surface area (Å²) in [7, 11) is 2.21. The highest BCUT2D eigenvalue weighted by atomic mass is 19.1. The van der Waals surface area contributed by atoms with Gasteiger partial charge in [0.05, 0.1) is 0 Å². The molecule has 1 aromatic rings. The zero-order valence-corrected chi connectivity index (χ0v) is 12.9. The molecule has 0 radical (unpaired) electrons. The largest absolute Gasteiger partial charge is 0.370 e. The fourth-order valence-electron chi connectivity index (χ4n) is 3.41. The van der Waals surface area contributed by atoms with Gasteiger partial charge in [0.15, 0.2) is 0 Å². The first-order chi connectivity index (χ1) is 10.2. The van der Waals surface area contributed by atoms with Crippen molar-refractivity contribution in [1.29, 1.82) is 0 Å². The van der Waals surface area contributed by atoms with Gasteiger partial charge in [-0.25, -0.2) is 4.39 Å². The van der Waals surface area contributed by atoms with Gasteiger partial charge in [-0.1, -0.05) is 0 Å². The Morgan fingerprint density at radius 2 is 1.81 bits per heavy atom. The number of hydrogen-bond donors (Lipinski definition) is 1. The molecule has 1 atom stereocenters. The summed E-state index contributed by atoms with van der Waals surface area (Å²) in [6, 6.07) is 7.45. The Kier molecular flexibility index (Phi) is 4.76. The van der Waals surface area contributed by atoms with Crippen LogP contribution in [0.1, 0.15) is 19.3 Å². The Hall–Kier alpha value is -1.13. The molecule has 0 bridgehead atoms. The molecule has 1 N–H and O–H groups in total. The highest BCUT2D eigenvalue weighted by molar-refractivity contribution is 5.47. The van der Waals surface area contributed by atoms with Gasteiger partial charge in [0.2, 0.25) is 0 Å². The van der Waals surface area contributed by atoms with Crippen molar-refractivity contribution in [2.24, 2.45) is 5.92 Å². The van der Waals surface area contributed by atoms with Crippen LogP contribution in [-0.2, 0) is 0 Å². The molecule has 2 heterocycles. The molecule has 3 nitrogen and oxygen atoms in total.